The van der Waals surface area contributed by atoms with Crippen LogP contribution >= 0.6 is 0 Å². The quantitative estimate of drug-likeness (QED) is 0.128. The van der Waals surface area contributed by atoms with Crippen LogP contribution in [0.3, 0.4) is 0 Å². The molecule has 2 N–H and O–H groups in total. The molecule has 0 saturated carbocycles. The minimum absolute atomic E-state index is 0.118. The number of carbonyl (C=O) groups excluding carboxylic acids is 4. The van der Waals surface area contributed by atoms with E-state index < -0.39 is 54.4 Å². The number of nitrogens with one attached hydrogen (secondary N) is 2. The number of nitrogens with zero attached hydrogens (tertiary/aromatic N) is 4. The Morgan fingerprint density at radius 1 is 0.871 bits per heavy atom. The van der Waals surface area contributed by atoms with Gasteiger partial charge in [0.2, 0.25) is 11.8 Å². The summed E-state index contributed by atoms with van der Waals surface area (Å²) >= 11 is 0. The third-order valence-corrected chi connectivity index (χ3v) is 13.7. The summed E-state index contributed by atoms with van der Waals surface area (Å²) in [5, 5.41) is 3.19. The summed E-state index contributed by atoms with van der Waals surface area (Å²) in [5.74, 6) is -2.24. The fourth-order valence-corrected chi connectivity index (χ4v) is 10.1. The van der Waals surface area contributed by atoms with E-state index in [4.69, 9.17) is 0 Å². The normalized spacial score (nSPS) is 21.7. The zero-order valence-corrected chi connectivity index (χ0v) is 35.7. The van der Waals surface area contributed by atoms with Crippen LogP contribution < -0.4 is 10.2 Å². The average Bonchev–Trinajstić information content (AvgIpc) is 3.90. The van der Waals surface area contributed by atoms with E-state index in [1.165, 1.54) is 17.0 Å². The summed E-state index contributed by atoms with van der Waals surface area (Å²) in [6.07, 6.45) is 2.22. The molecule has 2 unspecified atom stereocenters. The van der Waals surface area contributed by atoms with Crippen molar-refractivity contribution in [3.63, 3.8) is 0 Å². The highest BCUT2D eigenvalue weighted by Crippen LogP contribution is 2.44. The first-order valence-corrected chi connectivity index (χ1v) is 21.9. The molecule has 4 amide bonds. The summed E-state index contributed by atoms with van der Waals surface area (Å²) in [5.41, 5.74) is 6.55. The van der Waals surface area contributed by atoms with Crippen LogP contribution in [0.4, 0.5) is 23.2 Å². The Hall–Kier alpha value is -5.50. The van der Waals surface area contributed by atoms with Gasteiger partial charge in [-0.15, -0.1) is 0 Å². The van der Waals surface area contributed by atoms with E-state index in [0.29, 0.717) is 53.9 Å². The number of allylic oxidation sites excluding steroid dienone is 1. The van der Waals surface area contributed by atoms with Crippen molar-refractivity contribution in [2.24, 2.45) is 11.8 Å². The third kappa shape index (κ3) is 7.90. The molecule has 9 rings (SSSR count). The lowest BCUT2D eigenvalue weighted by Crippen LogP contribution is -2.54. The van der Waals surface area contributed by atoms with Gasteiger partial charge in [-0.3, -0.25) is 34.3 Å². The van der Waals surface area contributed by atoms with Gasteiger partial charge in [0.1, 0.15) is 17.7 Å². The van der Waals surface area contributed by atoms with E-state index in [-0.39, 0.29) is 30.4 Å². The zero-order valence-electron chi connectivity index (χ0n) is 35.7. The lowest BCUT2D eigenvalue weighted by Gasteiger charge is -2.41. The molecule has 0 spiro atoms. The highest BCUT2D eigenvalue weighted by Gasteiger charge is 2.46. The summed E-state index contributed by atoms with van der Waals surface area (Å²) < 4.78 is 58.4. The molecule has 328 valence electrons. The van der Waals surface area contributed by atoms with E-state index in [9.17, 15) is 28.0 Å². The number of imide groups is 2. The van der Waals surface area contributed by atoms with Gasteiger partial charge >= 0.3 is 0 Å². The van der Waals surface area contributed by atoms with Gasteiger partial charge in [-0.25, -0.2) is 17.6 Å². The Morgan fingerprint density at radius 3 is 2.06 bits per heavy atom. The number of aromatic amines is 1. The third-order valence-electron chi connectivity index (χ3n) is 13.7. The largest absolute Gasteiger partial charge is 0.371 e. The van der Waals surface area contributed by atoms with Crippen molar-refractivity contribution >= 4 is 40.2 Å². The molecule has 2 saturated heterocycles. The van der Waals surface area contributed by atoms with Gasteiger partial charge in [-0.1, -0.05) is 45.5 Å². The van der Waals surface area contributed by atoms with Crippen molar-refractivity contribution in [3.8, 4) is 0 Å². The number of fused-ring (bicyclic) bond motifs is 5. The monoisotopic (exact) mass is 854 g/mol. The highest BCUT2D eigenvalue weighted by molar-refractivity contribution is 6.23. The Morgan fingerprint density at radius 2 is 1.48 bits per heavy atom. The maximum atomic E-state index is 15.6. The predicted octanol–water partition coefficient (Wildman–Crippen LogP) is 8.64. The summed E-state index contributed by atoms with van der Waals surface area (Å²) in [7, 11) is 0. The van der Waals surface area contributed by atoms with E-state index in [1.54, 1.807) is 12.1 Å². The van der Waals surface area contributed by atoms with Gasteiger partial charge in [-0.05, 0) is 104 Å². The first-order chi connectivity index (χ1) is 29.7. The molecule has 3 aromatic carbocycles. The van der Waals surface area contributed by atoms with Crippen LogP contribution in [0, 0.1) is 23.5 Å². The number of rotatable bonds is 9. The molecular formula is C48H54F4N6O4. The molecule has 6 heterocycles. The smallest absolute Gasteiger partial charge is 0.262 e. The molecule has 5 aliphatic rings. The molecule has 14 heteroatoms. The minimum atomic E-state index is -2.61. The molecule has 2 fully saturated rings. The zero-order chi connectivity index (χ0) is 44.1. The lowest BCUT2D eigenvalue weighted by atomic mass is 9.88. The fraction of sp³-hybridized carbons (Fsp3) is 0.458. The number of anilines is 1. The maximum absolute atomic E-state index is 15.6. The summed E-state index contributed by atoms with van der Waals surface area (Å²) in [6.45, 7) is 14.9. The molecule has 5 aliphatic heterocycles. The maximum Gasteiger partial charge on any atom is 0.262 e. The van der Waals surface area contributed by atoms with Crippen LogP contribution in [0.25, 0.3) is 10.9 Å². The van der Waals surface area contributed by atoms with E-state index in [1.807, 2.05) is 36.1 Å². The molecule has 3 atom stereocenters. The van der Waals surface area contributed by atoms with Crippen LogP contribution in [0.15, 0.2) is 60.8 Å². The average molecular weight is 855 g/mol. The number of alkyl halides is 2. The number of amides is 4. The molecule has 4 aromatic rings. The van der Waals surface area contributed by atoms with Crippen LogP contribution in [0.5, 0.6) is 0 Å². The van der Waals surface area contributed by atoms with Gasteiger partial charge < -0.3 is 14.8 Å². The molecule has 62 heavy (non-hydrogen) atoms. The van der Waals surface area contributed by atoms with Gasteiger partial charge in [0.05, 0.1) is 23.7 Å². The number of para-hydroxylation sites is 1. The number of aromatic nitrogens is 1. The van der Waals surface area contributed by atoms with Crippen LogP contribution in [0.2, 0.25) is 0 Å². The Kier molecular flexibility index (Phi) is 12.1. The van der Waals surface area contributed by atoms with Gasteiger partial charge in [-0.2, -0.15) is 0 Å². The Labute approximate surface area is 359 Å². The van der Waals surface area contributed by atoms with Crippen molar-refractivity contribution < 1.29 is 36.7 Å². The van der Waals surface area contributed by atoms with Gasteiger partial charge in [0.15, 0.2) is 0 Å². The number of benzene rings is 3. The molecule has 10 nitrogen and oxygen atoms in total. The standard InChI is InChI=1S/C26H29F4N3.C22H25N3O4/c1-15-7-9-32(10-8-15)17-12-20(27)24(21(28)13-17)26-25-19(11-16(2)33(26)14-23(29)30)18-5-3-4-6-22(18)31-25;1-4-13(5-2)12(3)24-10-14-8-16-17(9-15(14)11-24)22(29)25(21(16)28)18-6-7-19(26)23-20(18)27/h3-6,12-13,15-16,23,26,31H,7-11,14H2,1-2H3;8-9,13,18H,3-7,10-11H2,1-2H3,(H,23,26,27)/t16-,26?;/m1./s1. The summed E-state index contributed by atoms with van der Waals surface area (Å²) in [6, 6.07) is 11.8. The molecular weight excluding hydrogens is 801 g/mol. The fourth-order valence-electron chi connectivity index (χ4n) is 10.1. The minimum Gasteiger partial charge on any atom is -0.371 e. The first-order valence-electron chi connectivity index (χ1n) is 21.9. The number of carbonyl (C=O) groups is 4. The predicted molar refractivity (Wildman–Crippen MR) is 229 cm³/mol. The Bertz CT molecular complexity index is 2370. The van der Waals surface area contributed by atoms with Crippen molar-refractivity contribution in [1.29, 1.82) is 0 Å². The van der Waals surface area contributed by atoms with E-state index in [0.717, 1.165) is 77.0 Å². The SMILES string of the molecule is C=C(C(CC)CC)N1Cc2cc3c(cc2C1)C(=O)N(C1CCC(=O)NC1=O)C3=O.CC1CCN(c2cc(F)c(C3c4[nH]c5ccccc5c4C[C@@H](C)N3CC(F)F)c(F)c2)CC1. The second-order valence-electron chi connectivity index (χ2n) is 17.6. The molecule has 0 radical (unpaired) electrons. The summed E-state index contributed by atoms with van der Waals surface area (Å²) in [4.78, 5) is 59.6. The second kappa shape index (κ2) is 17.3. The topological polar surface area (TPSA) is 109 Å². The molecule has 1 aromatic heterocycles. The number of hydrogen-bond acceptors (Lipinski definition) is 7. The van der Waals surface area contributed by atoms with Crippen molar-refractivity contribution in [1.82, 2.24) is 25.0 Å². The van der Waals surface area contributed by atoms with Crippen LogP contribution in [-0.2, 0) is 29.1 Å². The number of hydrogen-bond donors (Lipinski definition) is 2. The van der Waals surface area contributed by atoms with Crippen molar-refractivity contribution in [3.05, 3.63) is 112 Å². The van der Waals surface area contributed by atoms with Crippen LogP contribution in [-0.4, -0.2) is 81.5 Å². The van der Waals surface area contributed by atoms with E-state index >= 15 is 8.78 Å². The second-order valence-corrected chi connectivity index (χ2v) is 17.6. The van der Waals surface area contributed by atoms with Gasteiger partial charge in [0, 0.05) is 72.2 Å². The number of H-pyrrole nitrogens is 1. The first kappa shape index (κ1) is 43.2. The highest BCUT2D eigenvalue weighted by atomic mass is 19.3. The van der Waals surface area contributed by atoms with Crippen molar-refractivity contribution in [2.75, 3.05) is 24.5 Å². The lowest BCUT2D eigenvalue weighted by molar-refractivity contribution is -0.136. The molecule has 0 bridgehead atoms. The van der Waals surface area contributed by atoms with Crippen molar-refractivity contribution in [2.45, 2.75) is 110 Å². The Balaban J connectivity index is 0.000000172. The van der Waals surface area contributed by atoms with Gasteiger partial charge in [0.25, 0.3) is 18.2 Å². The molecule has 0 aliphatic carbocycles. The van der Waals surface area contributed by atoms with E-state index in [2.05, 4.69) is 42.6 Å². The number of halogens is 4. The van der Waals surface area contributed by atoms with Crippen LogP contribution in [0.1, 0.15) is 121 Å². The number of piperidine rings is 2.